The third-order valence-electron chi connectivity index (χ3n) is 2.79. The fourth-order valence-electron chi connectivity index (χ4n) is 2.05. The van der Waals surface area contributed by atoms with Crippen molar-refractivity contribution in [1.29, 1.82) is 5.41 Å². The number of para-hydroxylation sites is 1. The van der Waals surface area contributed by atoms with E-state index < -0.39 is 0 Å². The van der Waals surface area contributed by atoms with Gasteiger partial charge in [0.1, 0.15) is 5.65 Å². The van der Waals surface area contributed by atoms with E-state index in [1.807, 2.05) is 49.4 Å². The number of pyridine rings is 1. The molecule has 0 fully saturated rings. The normalized spacial score (nSPS) is 11.1. The van der Waals surface area contributed by atoms with Crippen LogP contribution in [0.2, 0.25) is 0 Å². The SMILES string of the molecule is Cc1cccc2nc(=N)c3ccccc3n12. The lowest BCUT2D eigenvalue weighted by Crippen LogP contribution is -2.11. The molecule has 0 aliphatic rings. The van der Waals surface area contributed by atoms with Crippen LogP contribution in [0.25, 0.3) is 16.6 Å². The van der Waals surface area contributed by atoms with Gasteiger partial charge in [-0.2, -0.15) is 0 Å². The first-order valence-electron chi connectivity index (χ1n) is 5.19. The summed E-state index contributed by atoms with van der Waals surface area (Å²) in [6.07, 6.45) is 0. The molecule has 0 saturated heterocycles. The van der Waals surface area contributed by atoms with Crippen molar-refractivity contribution in [1.82, 2.24) is 9.38 Å². The van der Waals surface area contributed by atoms with Gasteiger partial charge in [-0.1, -0.05) is 18.2 Å². The van der Waals surface area contributed by atoms with E-state index >= 15 is 0 Å². The zero-order valence-corrected chi connectivity index (χ0v) is 8.94. The largest absolute Gasteiger partial charge is 0.298 e. The van der Waals surface area contributed by atoms with Crippen LogP contribution in [0.5, 0.6) is 0 Å². The second kappa shape index (κ2) is 3.17. The second-order valence-corrected chi connectivity index (χ2v) is 3.84. The molecule has 16 heavy (non-hydrogen) atoms. The van der Waals surface area contributed by atoms with Gasteiger partial charge >= 0.3 is 0 Å². The number of nitrogens with zero attached hydrogens (tertiary/aromatic N) is 2. The summed E-state index contributed by atoms with van der Waals surface area (Å²) in [7, 11) is 0. The minimum Gasteiger partial charge on any atom is -0.298 e. The quantitative estimate of drug-likeness (QED) is 0.567. The molecular weight excluding hydrogens is 198 g/mol. The Hall–Kier alpha value is -2.16. The summed E-state index contributed by atoms with van der Waals surface area (Å²) in [6.45, 7) is 2.05. The van der Waals surface area contributed by atoms with Gasteiger partial charge in [-0.25, -0.2) is 4.98 Å². The van der Waals surface area contributed by atoms with Crippen LogP contribution >= 0.6 is 0 Å². The second-order valence-electron chi connectivity index (χ2n) is 3.84. The molecule has 2 aromatic heterocycles. The number of aryl methyl sites for hydroxylation is 1. The van der Waals surface area contributed by atoms with Crippen LogP contribution in [-0.2, 0) is 0 Å². The van der Waals surface area contributed by atoms with Crippen molar-refractivity contribution < 1.29 is 0 Å². The summed E-state index contributed by atoms with van der Waals surface area (Å²) in [5.74, 6) is 0. The summed E-state index contributed by atoms with van der Waals surface area (Å²) in [4.78, 5) is 4.29. The van der Waals surface area contributed by atoms with Crippen molar-refractivity contribution >= 4 is 16.6 Å². The molecule has 3 nitrogen and oxygen atoms in total. The van der Waals surface area contributed by atoms with E-state index in [1.165, 1.54) is 0 Å². The topological polar surface area (TPSA) is 41.2 Å². The molecule has 0 radical (unpaired) electrons. The van der Waals surface area contributed by atoms with E-state index in [-0.39, 0.29) is 0 Å². The lowest BCUT2D eigenvalue weighted by atomic mass is 10.2. The highest BCUT2D eigenvalue weighted by molar-refractivity contribution is 5.80. The molecule has 78 valence electrons. The predicted molar refractivity (Wildman–Crippen MR) is 63.3 cm³/mol. The molecule has 3 aromatic rings. The molecule has 1 aromatic carbocycles. The Morgan fingerprint density at radius 3 is 2.75 bits per heavy atom. The number of aromatic nitrogens is 2. The van der Waals surface area contributed by atoms with Crippen molar-refractivity contribution in [2.24, 2.45) is 0 Å². The number of hydrogen-bond acceptors (Lipinski definition) is 2. The molecule has 3 heteroatoms. The monoisotopic (exact) mass is 209 g/mol. The third kappa shape index (κ3) is 1.15. The van der Waals surface area contributed by atoms with Gasteiger partial charge in [0.25, 0.3) is 0 Å². The van der Waals surface area contributed by atoms with Gasteiger partial charge < -0.3 is 0 Å². The number of nitrogens with one attached hydrogen (secondary N) is 1. The van der Waals surface area contributed by atoms with Crippen LogP contribution in [0, 0.1) is 12.3 Å². The van der Waals surface area contributed by atoms with Gasteiger partial charge in [0.15, 0.2) is 5.49 Å². The standard InChI is InChI=1S/C13H11N3/c1-9-5-4-8-12-15-13(14)10-6-2-3-7-11(10)16(9)12/h2-8,14H,1H3. The van der Waals surface area contributed by atoms with E-state index in [2.05, 4.69) is 9.38 Å². The van der Waals surface area contributed by atoms with Crippen molar-refractivity contribution in [3.05, 3.63) is 53.6 Å². The maximum Gasteiger partial charge on any atom is 0.156 e. The van der Waals surface area contributed by atoms with Crippen molar-refractivity contribution in [3.8, 4) is 0 Å². The molecule has 0 amide bonds. The number of benzene rings is 1. The molecule has 0 saturated carbocycles. The van der Waals surface area contributed by atoms with Crippen LogP contribution in [-0.4, -0.2) is 9.38 Å². The first kappa shape index (κ1) is 9.09. The van der Waals surface area contributed by atoms with E-state index in [4.69, 9.17) is 5.41 Å². The van der Waals surface area contributed by atoms with Gasteiger partial charge in [0.05, 0.1) is 5.52 Å². The Morgan fingerprint density at radius 2 is 1.88 bits per heavy atom. The summed E-state index contributed by atoms with van der Waals surface area (Å²) in [6, 6.07) is 13.8. The summed E-state index contributed by atoms with van der Waals surface area (Å²) >= 11 is 0. The van der Waals surface area contributed by atoms with Gasteiger partial charge in [-0.05, 0) is 31.2 Å². The number of fused-ring (bicyclic) bond motifs is 3. The molecule has 0 aliphatic carbocycles. The zero-order valence-electron chi connectivity index (χ0n) is 8.94. The van der Waals surface area contributed by atoms with Crippen molar-refractivity contribution in [2.45, 2.75) is 6.92 Å². The van der Waals surface area contributed by atoms with E-state index in [0.717, 1.165) is 22.2 Å². The number of hydrogen-bond donors (Lipinski definition) is 1. The highest BCUT2D eigenvalue weighted by atomic mass is 15.0. The summed E-state index contributed by atoms with van der Waals surface area (Å²) < 4.78 is 2.08. The predicted octanol–water partition coefficient (Wildman–Crippen LogP) is 2.28. The maximum atomic E-state index is 7.89. The first-order chi connectivity index (χ1) is 7.77. The first-order valence-corrected chi connectivity index (χ1v) is 5.19. The lowest BCUT2D eigenvalue weighted by Gasteiger charge is -2.08. The summed E-state index contributed by atoms with van der Waals surface area (Å²) in [5.41, 5.74) is 3.32. The average Bonchev–Trinajstić information content (AvgIpc) is 2.29. The van der Waals surface area contributed by atoms with Crippen LogP contribution in [0.3, 0.4) is 0 Å². The Bertz CT molecular complexity index is 741. The fourth-order valence-corrected chi connectivity index (χ4v) is 2.05. The average molecular weight is 209 g/mol. The van der Waals surface area contributed by atoms with Gasteiger partial charge in [-0.15, -0.1) is 0 Å². The Balaban J connectivity index is 2.72. The van der Waals surface area contributed by atoms with Crippen molar-refractivity contribution in [3.63, 3.8) is 0 Å². The van der Waals surface area contributed by atoms with E-state index in [9.17, 15) is 0 Å². The van der Waals surface area contributed by atoms with Gasteiger partial charge in [0, 0.05) is 11.1 Å². The smallest absolute Gasteiger partial charge is 0.156 e. The molecule has 1 N–H and O–H groups in total. The molecule has 3 rings (SSSR count). The molecule has 0 atom stereocenters. The Kier molecular flexibility index (Phi) is 1.80. The van der Waals surface area contributed by atoms with E-state index in [0.29, 0.717) is 5.49 Å². The summed E-state index contributed by atoms with van der Waals surface area (Å²) in [5, 5.41) is 8.78. The zero-order chi connectivity index (χ0) is 11.1. The van der Waals surface area contributed by atoms with Crippen molar-refractivity contribution in [2.75, 3.05) is 0 Å². The lowest BCUT2D eigenvalue weighted by molar-refractivity contribution is 1.04. The van der Waals surface area contributed by atoms with Gasteiger partial charge in [-0.3, -0.25) is 9.81 Å². The fraction of sp³-hybridized carbons (Fsp3) is 0.0769. The maximum absolute atomic E-state index is 7.89. The minimum atomic E-state index is 0.334. The number of rotatable bonds is 0. The van der Waals surface area contributed by atoms with Gasteiger partial charge in [0.2, 0.25) is 0 Å². The molecule has 0 unspecified atom stereocenters. The molecule has 0 aliphatic heterocycles. The molecular formula is C13H11N3. The van der Waals surface area contributed by atoms with Crippen LogP contribution in [0.1, 0.15) is 5.69 Å². The van der Waals surface area contributed by atoms with Crippen LogP contribution < -0.4 is 5.49 Å². The van der Waals surface area contributed by atoms with Crippen LogP contribution in [0.15, 0.2) is 42.5 Å². The van der Waals surface area contributed by atoms with Crippen LogP contribution in [0.4, 0.5) is 0 Å². The molecule has 0 bridgehead atoms. The Morgan fingerprint density at radius 1 is 1.06 bits per heavy atom. The third-order valence-corrected chi connectivity index (χ3v) is 2.79. The highest BCUT2D eigenvalue weighted by Gasteiger charge is 2.03. The molecule has 2 heterocycles. The molecule has 0 spiro atoms. The Labute approximate surface area is 92.5 Å². The minimum absolute atomic E-state index is 0.334. The van der Waals surface area contributed by atoms with E-state index in [1.54, 1.807) is 0 Å². The highest BCUT2D eigenvalue weighted by Crippen LogP contribution is 2.13.